The highest BCUT2D eigenvalue weighted by molar-refractivity contribution is 7.89. The van der Waals surface area contributed by atoms with E-state index in [0.717, 1.165) is 50.9 Å². The number of anilines is 2. The topological polar surface area (TPSA) is 122 Å². The summed E-state index contributed by atoms with van der Waals surface area (Å²) in [4.78, 5) is 27.2. The summed E-state index contributed by atoms with van der Waals surface area (Å²) in [5, 5.41) is 2.89. The molecular formula is C23H28N4O4S. The number of carbonyl (C=O) groups is 2. The molecule has 4 rings (SSSR count). The number of nitrogens with zero attached hydrogens (tertiary/aromatic N) is 1. The molecule has 2 aliphatic rings. The summed E-state index contributed by atoms with van der Waals surface area (Å²) >= 11 is 0. The highest BCUT2D eigenvalue weighted by Gasteiger charge is 2.28. The lowest BCUT2D eigenvalue weighted by Gasteiger charge is -2.30. The Balaban J connectivity index is 1.65. The molecule has 0 spiro atoms. The molecule has 0 radical (unpaired) electrons. The van der Waals surface area contributed by atoms with Gasteiger partial charge in [-0.15, -0.1) is 0 Å². The van der Waals surface area contributed by atoms with Crippen LogP contribution in [0.3, 0.4) is 0 Å². The van der Waals surface area contributed by atoms with Gasteiger partial charge in [-0.1, -0.05) is 6.07 Å². The molecule has 4 N–H and O–H groups in total. The Morgan fingerprint density at radius 3 is 2.41 bits per heavy atom. The van der Waals surface area contributed by atoms with E-state index in [1.54, 1.807) is 31.2 Å². The first kappa shape index (κ1) is 22.3. The molecule has 1 aliphatic heterocycles. The highest BCUT2D eigenvalue weighted by atomic mass is 32.2. The molecule has 1 aliphatic carbocycles. The number of hydrogen-bond acceptors (Lipinski definition) is 5. The molecule has 32 heavy (non-hydrogen) atoms. The molecule has 2 fully saturated rings. The SMILES string of the molecule is Cc1ccc(S(=O)(=O)NC2CC2)cc1C(=O)Nc1cc(C(N)=O)ccc1N1CCCCC1. The fourth-order valence-corrected chi connectivity index (χ4v) is 5.22. The van der Waals surface area contributed by atoms with E-state index in [1.807, 2.05) is 0 Å². The van der Waals surface area contributed by atoms with E-state index in [2.05, 4.69) is 14.9 Å². The molecule has 0 unspecified atom stereocenters. The van der Waals surface area contributed by atoms with Crippen LogP contribution in [0.4, 0.5) is 11.4 Å². The van der Waals surface area contributed by atoms with Gasteiger partial charge in [-0.05, 0) is 74.9 Å². The van der Waals surface area contributed by atoms with Gasteiger partial charge in [0.25, 0.3) is 5.91 Å². The monoisotopic (exact) mass is 456 g/mol. The van der Waals surface area contributed by atoms with E-state index >= 15 is 0 Å². The van der Waals surface area contributed by atoms with Gasteiger partial charge in [-0.2, -0.15) is 0 Å². The van der Waals surface area contributed by atoms with Crippen LogP contribution in [0.2, 0.25) is 0 Å². The minimum absolute atomic E-state index is 0.0257. The van der Waals surface area contributed by atoms with Crippen molar-refractivity contribution in [2.45, 2.75) is 50.0 Å². The maximum Gasteiger partial charge on any atom is 0.256 e. The Bertz CT molecular complexity index is 1150. The van der Waals surface area contributed by atoms with Gasteiger partial charge in [0.2, 0.25) is 15.9 Å². The summed E-state index contributed by atoms with van der Waals surface area (Å²) in [6.45, 7) is 3.47. The number of primary amides is 1. The third-order valence-electron chi connectivity index (χ3n) is 5.89. The lowest BCUT2D eigenvalue weighted by atomic mass is 10.1. The highest BCUT2D eigenvalue weighted by Crippen LogP contribution is 2.31. The number of piperidine rings is 1. The van der Waals surface area contributed by atoms with Gasteiger partial charge in [0, 0.05) is 30.3 Å². The predicted molar refractivity (Wildman–Crippen MR) is 123 cm³/mol. The molecule has 9 heteroatoms. The Labute approximate surface area is 188 Å². The third kappa shape index (κ3) is 4.94. The summed E-state index contributed by atoms with van der Waals surface area (Å²) in [6.07, 6.45) is 4.92. The van der Waals surface area contributed by atoms with Crippen molar-refractivity contribution in [2.75, 3.05) is 23.3 Å². The van der Waals surface area contributed by atoms with Gasteiger partial charge < -0.3 is 16.0 Å². The van der Waals surface area contributed by atoms with Crippen molar-refractivity contribution < 1.29 is 18.0 Å². The standard InChI is InChI=1S/C23H28N4O4S/c1-15-5-9-18(32(30,31)26-17-7-8-17)14-19(15)23(29)25-20-13-16(22(24)28)6-10-21(20)27-11-3-2-4-12-27/h5-6,9-10,13-14,17,26H,2-4,7-8,11-12H2,1H3,(H2,24,28)(H,25,29). The number of sulfonamides is 1. The quantitative estimate of drug-likeness (QED) is 0.591. The zero-order chi connectivity index (χ0) is 22.9. The summed E-state index contributed by atoms with van der Waals surface area (Å²) in [6, 6.07) is 9.54. The number of nitrogens with one attached hydrogen (secondary N) is 2. The maximum atomic E-state index is 13.2. The second-order valence-electron chi connectivity index (χ2n) is 8.47. The van der Waals surface area contributed by atoms with Crippen LogP contribution < -0.4 is 20.7 Å². The minimum Gasteiger partial charge on any atom is -0.370 e. The van der Waals surface area contributed by atoms with Crippen molar-refractivity contribution in [2.24, 2.45) is 5.73 Å². The lowest BCUT2D eigenvalue weighted by molar-refractivity contribution is 0.0996. The lowest BCUT2D eigenvalue weighted by Crippen LogP contribution is -2.30. The molecule has 1 heterocycles. The Kier molecular flexibility index (Phi) is 6.21. The number of carbonyl (C=O) groups excluding carboxylic acids is 2. The first-order chi connectivity index (χ1) is 15.2. The molecule has 0 atom stereocenters. The van der Waals surface area contributed by atoms with E-state index < -0.39 is 21.8 Å². The van der Waals surface area contributed by atoms with Crippen molar-refractivity contribution in [3.05, 3.63) is 53.1 Å². The van der Waals surface area contributed by atoms with Crippen molar-refractivity contribution in [1.82, 2.24) is 4.72 Å². The largest absolute Gasteiger partial charge is 0.370 e. The van der Waals surface area contributed by atoms with Crippen LogP contribution in [0, 0.1) is 6.92 Å². The van der Waals surface area contributed by atoms with Gasteiger partial charge in [0.15, 0.2) is 0 Å². The summed E-state index contributed by atoms with van der Waals surface area (Å²) in [7, 11) is -3.69. The van der Waals surface area contributed by atoms with Gasteiger partial charge in [0.1, 0.15) is 0 Å². The number of hydrogen-bond donors (Lipinski definition) is 3. The number of nitrogens with two attached hydrogens (primary N) is 1. The molecule has 0 bridgehead atoms. The Morgan fingerprint density at radius 2 is 1.75 bits per heavy atom. The molecular weight excluding hydrogens is 428 g/mol. The molecule has 8 nitrogen and oxygen atoms in total. The van der Waals surface area contributed by atoms with Gasteiger partial charge in [0.05, 0.1) is 16.3 Å². The average molecular weight is 457 g/mol. The molecule has 2 amide bonds. The van der Waals surface area contributed by atoms with Crippen LogP contribution in [0.5, 0.6) is 0 Å². The number of benzene rings is 2. The molecule has 1 saturated carbocycles. The maximum absolute atomic E-state index is 13.2. The molecule has 1 saturated heterocycles. The number of amides is 2. The normalized spacial score (nSPS) is 16.6. The fourth-order valence-electron chi connectivity index (χ4n) is 3.89. The van der Waals surface area contributed by atoms with E-state index in [-0.39, 0.29) is 16.5 Å². The first-order valence-electron chi connectivity index (χ1n) is 10.9. The van der Waals surface area contributed by atoms with Crippen LogP contribution in [0.1, 0.15) is 58.4 Å². The van der Waals surface area contributed by atoms with Gasteiger partial charge in [-0.3, -0.25) is 9.59 Å². The summed E-state index contributed by atoms with van der Waals surface area (Å²) in [5.74, 6) is -1.02. The van der Waals surface area contributed by atoms with Crippen LogP contribution in [-0.2, 0) is 10.0 Å². The second-order valence-corrected chi connectivity index (χ2v) is 10.2. The Morgan fingerprint density at radius 1 is 1.03 bits per heavy atom. The van der Waals surface area contributed by atoms with E-state index in [1.165, 1.54) is 12.1 Å². The second kappa shape index (κ2) is 8.91. The minimum atomic E-state index is -3.69. The molecule has 2 aromatic rings. The zero-order valence-electron chi connectivity index (χ0n) is 18.1. The van der Waals surface area contributed by atoms with Crippen LogP contribution in [-0.4, -0.2) is 39.4 Å². The predicted octanol–water partition coefficient (Wildman–Crippen LogP) is 2.78. The Hall–Kier alpha value is -2.91. The van der Waals surface area contributed by atoms with Crippen molar-refractivity contribution in [3.8, 4) is 0 Å². The van der Waals surface area contributed by atoms with Gasteiger partial charge in [-0.25, -0.2) is 13.1 Å². The molecule has 0 aromatic heterocycles. The van der Waals surface area contributed by atoms with Gasteiger partial charge >= 0.3 is 0 Å². The fraction of sp³-hybridized carbons (Fsp3) is 0.391. The number of aryl methyl sites for hydroxylation is 1. The first-order valence-corrected chi connectivity index (χ1v) is 12.4. The van der Waals surface area contributed by atoms with E-state index in [4.69, 9.17) is 5.73 Å². The molecule has 170 valence electrons. The number of rotatable bonds is 7. The smallest absolute Gasteiger partial charge is 0.256 e. The third-order valence-corrected chi connectivity index (χ3v) is 7.41. The van der Waals surface area contributed by atoms with Crippen LogP contribution in [0.25, 0.3) is 0 Å². The van der Waals surface area contributed by atoms with Crippen LogP contribution in [0.15, 0.2) is 41.3 Å². The zero-order valence-corrected chi connectivity index (χ0v) is 18.9. The summed E-state index contributed by atoms with van der Waals surface area (Å²) in [5.41, 5.74) is 7.96. The van der Waals surface area contributed by atoms with E-state index in [0.29, 0.717) is 16.8 Å². The summed E-state index contributed by atoms with van der Waals surface area (Å²) < 4.78 is 27.8. The van der Waals surface area contributed by atoms with Crippen molar-refractivity contribution >= 4 is 33.2 Å². The van der Waals surface area contributed by atoms with Crippen molar-refractivity contribution in [3.63, 3.8) is 0 Å². The average Bonchev–Trinajstić information content (AvgIpc) is 3.57. The van der Waals surface area contributed by atoms with Crippen molar-refractivity contribution in [1.29, 1.82) is 0 Å². The van der Waals surface area contributed by atoms with E-state index in [9.17, 15) is 18.0 Å². The molecule has 2 aromatic carbocycles. The van der Waals surface area contributed by atoms with Crippen LogP contribution >= 0.6 is 0 Å².